The minimum Gasteiger partial charge on any atom is -0.497 e. The Morgan fingerprint density at radius 1 is 1.07 bits per heavy atom. The predicted octanol–water partition coefficient (Wildman–Crippen LogP) is 3.61. The zero-order valence-corrected chi connectivity index (χ0v) is 17.2. The number of nitrogens with zero attached hydrogens (tertiary/aromatic N) is 4. The third-order valence-electron chi connectivity index (χ3n) is 4.91. The molecule has 0 spiro atoms. The Morgan fingerprint density at radius 2 is 1.86 bits per heavy atom. The predicted molar refractivity (Wildman–Crippen MR) is 112 cm³/mol. The van der Waals surface area contributed by atoms with Crippen LogP contribution in [-0.4, -0.2) is 53.6 Å². The first-order valence-corrected chi connectivity index (χ1v) is 9.93. The Labute approximate surface area is 172 Å². The summed E-state index contributed by atoms with van der Waals surface area (Å²) in [7, 11) is 1.66. The van der Waals surface area contributed by atoms with Crippen molar-refractivity contribution < 1.29 is 9.53 Å². The van der Waals surface area contributed by atoms with Gasteiger partial charge < -0.3 is 14.5 Å². The molecule has 6 nitrogen and oxygen atoms in total. The van der Waals surface area contributed by atoms with Gasteiger partial charge in [-0.05, 0) is 40.2 Å². The van der Waals surface area contributed by atoms with Gasteiger partial charge in [0.1, 0.15) is 5.75 Å². The molecule has 28 heavy (non-hydrogen) atoms. The molecule has 0 unspecified atom stereocenters. The second-order valence-electron chi connectivity index (χ2n) is 6.56. The first-order chi connectivity index (χ1) is 13.7. The molecule has 2 aromatic carbocycles. The minimum atomic E-state index is 0.0586. The van der Waals surface area contributed by atoms with Crippen LogP contribution in [0, 0.1) is 0 Å². The summed E-state index contributed by atoms with van der Waals surface area (Å²) in [4.78, 5) is 21.5. The van der Waals surface area contributed by atoms with Crippen LogP contribution in [0.15, 0.2) is 65.4 Å². The Hall–Kier alpha value is -2.80. The fourth-order valence-electron chi connectivity index (χ4n) is 3.41. The summed E-state index contributed by atoms with van der Waals surface area (Å²) in [6.07, 6.45) is 3.75. The zero-order valence-electron chi connectivity index (χ0n) is 15.6. The zero-order chi connectivity index (χ0) is 19.5. The van der Waals surface area contributed by atoms with Crippen LogP contribution in [-0.2, 0) is 0 Å². The monoisotopic (exact) mass is 440 g/mol. The summed E-state index contributed by atoms with van der Waals surface area (Å²) in [5.41, 5.74) is 1.70. The lowest BCUT2D eigenvalue weighted by molar-refractivity contribution is 0.0745. The number of halogens is 1. The molecule has 144 valence electrons. The fourth-order valence-corrected chi connectivity index (χ4v) is 3.86. The number of aromatic nitrogens is 2. The average molecular weight is 441 g/mol. The maximum Gasteiger partial charge on any atom is 0.255 e. The number of carbonyl (C=O) groups is 1. The summed E-state index contributed by atoms with van der Waals surface area (Å²) in [6.45, 7) is 2.78. The number of methoxy groups -OCH3 is 1. The average Bonchev–Trinajstić information content (AvgIpc) is 3.24. The summed E-state index contributed by atoms with van der Waals surface area (Å²) in [5, 5.41) is 0. The molecule has 7 heteroatoms. The molecule has 0 radical (unpaired) electrons. The quantitative estimate of drug-likeness (QED) is 0.621. The van der Waals surface area contributed by atoms with Crippen molar-refractivity contribution >= 4 is 27.8 Å². The molecule has 0 atom stereocenters. The van der Waals surface area contributed by atoms with Gasteiger partial charge >= 0.3 is 0 Å². The van der Waals surface area contributed by atoms with Crippen molar-refractivity contribution in [1.29, 1.82) is 0 Å². The van der Waals surface area contributed by atoms with E-state index in [0.29, 0.717) is 18.7 Å². The van der Waals surface area contributed by atoms with Crippen molar-refractivity contribution in [2.75, 3.05) is 38.2 Å². The van der Waals surface area contributed by atoms with Gasteiger partial charge in [0, 0.05) is 49.1 Å². The first-order valence-electron chi connectivity index (χ1n) is 9.14. The minimum absolute atomic E-state index is 0.0586. The molecule has 1 aliphatic rings. The fraction of sp³-hybridized carbons (Fsp3) is 0.238. The van der Waals surface area contributed by atoms with Crippen molar-refractivity contribution in [1.82, 2.24) is 14.5 Å². The largest absolute Gasteiger partial charge is 0.497 e. The topological polar surface area (TPSA) is 50.6 Å². The molecule has 1 aromatic heterocycles. The second-order valence-corrected chi connectivity index (χ2v) is 7.41. The van der Waals surface area contributed by atoms with Gasteiger partial charge in [-0.3, -0.25) is 9.36 Å². The highest BCUT2D eigenvalue weighted by atomic mass is 79.9. The smallest absolute Gasteiger partial charge is 0.255 e. The first kappa shape index (κ1) is 18.6. The van der Waals surface area contributed by atoms with E-state index in [9.17, 15) is 4.79 Å². The molecule has 3 aromatic rings. The van der Waals surface area contributed by atoms with Gasteiger partial charge in [-0.25, -0.2) is 4.98 Å². The van der Waals surface area contributed by atoms with E-state index in [0.717, 1.165) is 34.9 Å². The number of rotatable bonds is 4. The molecule has 0 bridgehead atoms. The molecule has 0 N–H and O–H groups in total. The van der Waals surface area contributed by atoms with Crippen molar-refractivity contribution in [3.05, 3.63) is 71.0 Å². The Kier molecular flexibility index (Phi) is 5.34. The molecule has 1 amide bonds. The van der Waals surface area contributed by atoms with Crippen molar-refractivity contribution in [2.24, 2.45) is 0 Å². The van der Waals surface area contributed by atoms with Crippen LogP contribution in [0.5, 0.6) is 5.75 Å². The normalized spacial score (nSPS) is 14.2. The van der Waals surface area contributed by atoms with Crippen LogP contribution in [0.4, 0.5) is 5.95 Å². The Balaban J connectivity index is 1.48. The number of anilines is 1. The van der Waals surface area contributed by atoms with Gasteiger partial charge in [-0.2, -0.15) is 0 Å². The van der Waals surface area contributed by atoms with E-state index in [4.69, 9.17) is 4.74 Å². The number of hydrogen-bond acceptors (Lipinski definition) is 4. The lowest BCUT2D eigenvalue weighted by atomic mass is 10.2. The number of benzene rings is 2. The van der Waals surface area contributed by atoms with Crippen LogP contribution < -0.4 is 9.64 Å². The maximum absolute atomic E-state index is 12.8. The molecule has 1 saturated heterocycles. The highest BCUT2D eigenvalue weighted by Crippen LogP contribution is 2.24. The van der Waals surface area contributed by atoms with Crippen LogP contribution in [0.3, 0.4) is 0 Å². The highest BCUT2D eigenvalue weighted by Gasteiger charge is 2.25. The van der Waals surface area contributed by atoms with E-state index in [1.54, 1.807) is 13.3 Å². The van der Waals surface area contributed by atoms with E-state index in [2.05, 4.69) is 25.8 Å². The van der Waals surface area contributed by atoms with E-state index in [1.165, 1.54) is 0 Å². The van der Waals surface area contributed by atoms with E-state index < -0.39 is 0 Å². The Morgan fingerprint density at radius 3 is 2.61 bits per heavy atom. The van der Waals surface area contributed by atoms with Crippen molar-refractivity contribution in [2.45, 2.75) is 0 Å². The van der Waals surface area contributed by atoms with Gasteiger partial charge in [0.25, 0.3) is 5.91 Å². The maximum atomic E-state index is 12.8. The van der Waals surface area contributed by atoms with Gasteiger partial charge in [-0.1, -0.05) is 18.2 Å². The van der Waals surface area contributed by atoms with Gasteiger partial charge in [0.05, 0.1) is 18.4 Å². The molecule has 2 heterocycles. The number of imidazole rings is 1. The third-order valence-corrected chi connectivity index (χ3v) is 5.60. The van der Waals surface area contributed by atoms with Crippen LogP contribution in [0.2, 0.25) is 0 Å². The molecule has 0 aliphatic carbocycles. The number of carbonyl (C=O) groups excluding carboxylic acids is 1. The lowest BCUT2D eigenvalue weighted by Gasteiger charge is -2.35. The molecular weight excluding hydrogens is 420 g/mol. The van der Waals surface area contributed by atoms with Crippen LogP contribution in [0.1, 0.15) is 10.4 Å². The molecule has 0 saturated carbocycles. The molecular formula is C21H21BrN4O2. The summed E-state index contributed by atoms with van der Waals surface area (Å²) >= 11 is 3.47. The number of amides is 1. The number of piperazine rings is 1. The lowest BCUT2D eigenvalue weighted by Crippen LogP contribution is -2.49. The number of ether oxygens (including phenoxy) is 1. The van der Waals surface area contributed by atoms with Crippen LogP contribution in [0.25, 0.3) is 5.69 Å². The highest BCUT2D eigenvalue weighted by molar-refractivity contribution is 9.10. The van der Waals surface area contributed by atoms with E-state index in [-0.39, 0.29) is 5.91 Å². The van der Waals surface area contributed by atoms with Gasteiger partial charge in [0.15, 0.2) is 0 Å². The third kappa shape index (κ3) is 3.62. The van der Waals surface area contributed by atoms with Crippen molar-refractivity contribution in [3.8, 4) is 11.4 Å². The van der Waals surface area contributed by atoms with E-state index >= 15 is 0 Å². The van der Waals surface area contributed by atoms with Crippen molar-refractivity contribution in [3.63, 3.8) is 0 Å². The summed E-state index contributed by atoms with van der Waals surface area (Å²) in [6, 6.07) is 15.5. The number of hydrogen-bond donors (Lipinski definition) is 0. The standard InChI is InChI=1S/C21H21BrN4O2/c1-28-17-6-4-5-16(15-17)26-10-9-23-21(26)25-13-11-24(12-14-25)20(27)18-7-2-3-8-19(18)22/h2-10,15H,11-14H2,1H3. The molecule has 1 fully saturated rings. The van der Waals surface area contributed by atoms with Gasteiger partial charge in [-0.15, -0.1) is 0 Å². The SMILES string of the molecule is COc1cccc(-n2ccnc2N2CCN(C(=O)c3ccccc3Br)CC2)c1. The van der Waals surface area contributed by atoms with Crippen LogP contribution >= 0.6 is 15.9 Å². The summed E-state index contributed by atoms with van der Waals surface area (Å²) in [5.74, 6) is 1.74. The Bertz CT molecular complexity index is 980. The second kappa shape index (κ2) is 8.06. The van der Waals surface area contributed by atoms with Gasteiger partial charge in [0.2, 0.25) is 5.95 Å². The van der Waals surface area contributed by atoms with E-state index in [1.807, 2.05) is 64.2 Å². The summed E-state index contributed by atoms with van der Waals surface area (Å²) < 4.78 is 8.21. The molecule has 4 rings (SSSR count). The molecule has 1 aliphatic heterocycles.